The van der Waals surface area contributed by atoms with E-state index in [2.05, 4.69) is 10.6 Å². The van der Waals surface area contributed by atoms with Crippen LogP contribution in [0.3, 0.4) is 0 Å². The van der Waals surface area contributed by atoms with Crippen molar-refractivity contribution in [3.63, 3.8) is 0 Å². The van der Waals surface area contributed by atoms with Crippen LogP contribution in [0.25, 0.3) is 6.08 Å². The topological polar surface area (TPSA) is 142 Å². The molecule has 11 heteroatoms. The third kappa shape index (κ3) is 4.18. The van der Waals surface area contributed by atoms with Crippen LogP contribution in [0, 0.1) is 15.9 Å². The summed E-state index contributed by atoms with van der Waals surface area (Å²) in [5, 5.41) is 24.9. The van der Waals surface area contributed by atoms with Gasteiger partial charge in [-0.15, -0.1) is 0 Å². The molecule has 3 rings (SSSR count). The summed E-state index contributed by atoms with van der Waals surface area (Å²) < 4.78 is 13.6. The van der Waals surface area contributed by atoms with Gasteiger partial charge in [0, 0.05) is 6.07 Å². The first-order valence-electron chi connectivity index (χ1n) is 8.12. The molecule has 3 N–H and O–H groups in total. The summed E-state index contributed by atoms with van der Waals surface area (Å²) in [6, 6.07) is 7.93. The summed E-state index contributed by atoms with van der Waals surface area (Å²) in [6.45, 7) is -0.661. The van der Waals surface area contributed by atoms with Crippen molar-refractivity contribution in [2.24, 2.45) is 0 Å². The van der Waals surface area contributed by atoms with Gasteiger partial charge in [-0.1, -0.05) is 18.2 Å². The molecule has 148 valence electrons. The van der Waals surface area contributed by atoms with Gasteiger partial charge < -0.3 is 15.7 Å². The maximum Gasteiger partial charge on any atom is 0.329 e. The van der Waals surface area contributed by atoms with Crippen LogP contribution >= 0.6 is 0 Å². The van der Waals surface area contributed by atoms with Gasteiger partial charge in [0.05, 0.1) is 10.6 Å². The highest BCUT2D eigenvalue weighted by Crippen LogP contribution is 2.27. The van der Waals surface area contributed by atoms with Crippen LogP contribution in [0.5, 0.6) is 5.75 Å². The van der Waals surface area contributed by atoms with E-state index in [1.54, 1.807) is 0 Å². The molecule has 1 heterocycles. The monoisotopic (exact) mass is 400 g/mol. The molecule has 1 saturated heterocycles. The molecule has 2 aromatic carbocycles. The van der Waals surface area contributed by atoms with Crippen LogP contribution in [0.1, 0.15) is 5.56 Å². The molecule has 0 unspecified atom stereocenters. The van der Waals surface area contributed by atoms with E-state index in [0.717, 1.165) is 18.2 Å². The zero-order valence-electron chi connectivity index (χ0n) is 14.6. The Morgan fingerprint density at radius 1 is 1.28 bits per heavy atom. The smallest absolute Gasteiger partial charge is 0.329 e. The van der Waals surface area contributed by atoms with Crippen molar-refractivity contribution in [2.45, 2.75) is 0 Å². The predicted molar refractivity (Wildman–Crippen MR) is 98.0 cm³/mol. The fourth-order valence-electron chi connectivity index (χ4n) is 2.55. The van der Waals surface area contributed by atoms with Gasteiger partial charge in [0.15, 0.2) is 5.75 Å². The average molecular weight is 400 g/mol. The van der Waals surface area contributed by atoms with Crippen molar-refractivity contribution in [2.75, 3.05) is 11.9 Å². The summed E-state index contributed by atoms with van der Waals surface area (Å²) in [4.78, 5) is 47.2. The number of aromatic hydroxyl groups is 1. The molecule has 10 nitrogen and oxygen atoms in total. The minimum Gasteiger partial charge on any atom is -0.502 e. The van der Waals surface area contributed by atoms with E-state index >= 15 is 0 Å². The molecule has 0 saturated carbocycles. The Morgan fingerprint density at radius 3 is 2.69 bits per heavy atom. The second kappa shape index (κ2) is 7.76. The van der Waals surface area contributed by atoms with Gasteiger partial charge in [0.2, 0.25) is 5.91 Å². The number of phenols is 1. The van der Waals surface area contributed by atoms with Crippen molar-refractivity contribution < 1.29 is 28.8 Å². The molecule has 0 radical (unpaired) electrons. The number of rotatable bonds is 5. The fraction of sp³-hybridized carbons (Fsp3) is 0.0556. The minimum absolute atomic E-state index is 0.100. The lowest BCUT2D eigenvalue weighted by Gasteiger charge is -2.12. The lowest BCUT2D eigenvalue weighted by atomic mass is 10.1. The normalized spacial score (nSPS) is 14.8. The molecule has 1 aliphatic rings. The number of anilines is 1. The molecule has 4 amide bonds. The van der Waals surface area contributed by atoms with Gasteiger partial charge in [-0.2, -0.15) is 0 Å². The largest absolute Gasteiger partial charge is 0.502 e. The number of nitro benzene ring substituents is 1. The van der Waals surface area contributed by atoms with Crippen molar-refractivity contribution >= 4 is 35.3 Å². The van der Waals surface area contributed by atoms with Crippen molar-refractivity contribution in [1.82, 2.24) is 10.2 Å². The van der Waals surface area contributed by atoms with Crippen LogP contribution in [-0.4, -0.2) is 39.3 Å². The van der Waals surface area contributed by atoms with Crippen molar-refractivity contribution in [3.05, 3.63) is 69.7 Å². The number of benzene rings is 2. The van der Waals surface area contributed by atoms with E-state index in [-0.39, 0.29) is 16.9 Å². The molecule has 1 aliphatic heterocycles. The molecule has 0 spiro atoms. The SMILES string of the molecule is O=C(CN1C(=O)N/C(=C\c2ccc(O)c([N+](=O)[O-])c2)C1=O)Nc1ccccc1F. The first kappa shape index (κ1) is 19.5. The van der Waals surface area contributed by atoms with Gasteiger partial charge in [-0.25, -0.2) is 14.1 Å². The lowest BCUT2D eigenvalue weighted by Crippen LogP contribution is -2.38. The average Bonchev–Trinajstić information content (AvgIpc) is 2.92. The van der Waals surface area contributed by atoms with E-state index in [0.29, 0.717) is 4.90 Å². The van der Waals surface area contributed by atoms with Crippen molar-refractivity contribution in [3.8, 4) is 5.75 Å². The molecule has 2 aromatic rings. The summed E-state index contributed by atoms with van der Waals surface area (Å²) in [7, 11) is 0. The number of para-hydroxylation sites is 1. The first-order chi connectivity index (χ1) is 13.8. The third-order valence-corrected chi connectivity index (χ3v) is 3.92. The number of hydrogen-bond donors (Lipinski definition) is 3. The van der Waals surface area contributed by atoms with E-state index in [9.17, 15) is 34.0 Å². The number of nitrogens with zero attached hydrogens (tertiary/aromatic N) is 2. The van der Waals surface area contributed by atoms with Crippen molar-refractivity contribution in [1.29, 1.82) is 0 Å². The number of imide groups is 1. The van der Waals surface area contributed by atoms with E-state index < -0.39 is 46.6 Å². The van der Waals surface area contributed by atoms with E-state index in [1.807, 2.05) is 0 Å². The summed E-state index contributed by atoms with van der Waals surface area (Å²) >= 11 is 0. The Morgan fingerprint density at radius 2 is 2.00 bits per heavy atom. The fourth-order valence-corrected chi connectivity index (χ4v) is 2.55. The molecule has 0 aliphatic carbocycles. The number of hydrogen-bond acceptors (Lipinski definition) is 6. The van der Waals surface area contributed by atoms with Crippen LogP contribution in [0.15, 0.2) is 48.2 Å². The maximum absolute atomic E-state index is 13.6. The second-order valence-electron chi connectivity index (χ2n) is 5.91. The quantitative estimate of drug-likeness (QED) is 0.303. The number of phenolic OH excluding ortho intramolecular Hbond substituents is 1. The molecule has 0 atom stereocenters. The first-order valence-corrected chi connectivity index (χ1v) is 8.12. The van der Waals surface area contributed by atoms with Crippen LogP contribution in [-0.2, 0) is 9.59 Å². The van der Waals surface area contributed by atoms with Crippen LogP contribution in [0.4, 0.5) is 20.6 Å². The number of urea groups is 1. The number of carbonyl (C=O) groups is 3. The minimum atomic E-state index is -0.877. The Balaban J connectivity index is 1.75. The molecular weight excluding hydrogens is 387 g/mol. The molecule has 0 bridgehead atoms. The molecule has 29 heavy (non-hydrogen) atoms. The van der Waals surface area contributed by atoms with Crippen LogP contribution in [0.2, 0.25) is 0 Å². The van der Waals surface area contributed by atoms with Gasteiger partial charge in [0.1, 0.15) is 18.1 Å². The Hall–Kier alpha value is -4.28. The summed E-state index contributed by atoms with van der Waals surface area (Å²) in [5.74, 6) is -2.85. The highest BCUT2D eigenvalue weighted by Gasteiger charge is 2.35. The standard InChI is InChI=1S/C18H13FN4O6/c19-11-3-1-2-4-12(11)20-16(25)9-22-17(26)13(21-18(22)27)7-10-5-6-15(24)14(8-10)23(28)29/h1-8,24H,9H2,(H,20,25)(H,21,27)/b13-7-. The zero-order chi connectivity index (χ0) is 21.1. The molecule has 0 aromatic heterocycles. The molecular formula is C18H13FN4O6. The van der Waals surface area contributed by atoms with Gasteiger partial charge >= 0.3 is 11.7 Å². The van der Waals surface area contributed by atoms with E-state index in [1.165, 1.54) is 30.3 Å². The summed E-state index contributed by atoms with van der Waals surface area (Å²) in [6.07, 6.45) is 1.17. The second-order valence-corrected chi connectivity index (χ2v) is 5.91. The number of carbonyl (C=O) groups excluding carboxylic acids is 3. The lowest BCUT2D eigenvalue weighted by molar-refractivity contribution is -0.385. The summed E-state index contributed by atoms with van der Waals surface area (Å²) in [5.41, 5.74) is -0.710. The number of nitro groups is 1. The Bertz CT molecular complexity index is 1070. The van der Waals surface area contributed by atoms with Gasteiger partial charge in [-0.05, 0) is 29.8 Å². The van der Waals surface area contributed by atoms with Crippen LogP contribution < -0.4 is 10.6 Å². The van der Waals surface area contributed by atoms with Gasteiger partial charge in [0.25, 0.3) is 5.91 Å². The Kier molecular flexibility index (Phi) is 5.21. The highest BCUT2D eigenvalue weighted by atomic mass is 19.1. The van der Waals surface area contributed by atoms with E-state index in [4.69, 9.17) is 0 Å². The number of nitrogens with one attached hydrogen (secondary N) is 2. The number of halogens is 1. The Labute approximate surface area is 162 Å². The third-order valence-electron chi connectivity index (χ3n) is 3.92. The predicted octanol–water partition coefficient (Wildman–Crippen LogP) is 1.97. The van der Waals surface area contributed by atoms with Gasteiger partial charge in [-0.3, -0.25) is 19.7 Å². The molecule has 1 fully saturated rings. The maximum atomic E-state index is 13.6. The zero-order valence-corrected chi connectivity index (χ0v) is 14.6. The number of amides is 4. The highest BCUT2D eigenvalue weighted by molar-refractivity contribution is 6.16.